The Kier molecular flexibility index (Phi) is 3.43. The van der Waals surface area contributed by atoms with Gasteiger partial charge in [0.15, 0.2) is 0 Å². The maximum absolute atomic E-state index is 12.6. The predicted molar refractivity (Wildman–Crippen MR) is 93.3 cm³/mol. The monoisotopic (exact) mass is 314 g/mol. The van der Waals surface area contributed by atoms with Crippen LogP contribution >= 0.6 is 0 Å². The van der Waals surface area contributed by atoms with Crippen LogP contribution in [0.1, 0.15) is 12.0 Å². The van der Waals surface area contributed by atoms with Gasteiger partial charge in [-0.15, -0.1) is 0 Å². The SMILES string of the molecule is O=C1C/C(=C\c2cnc3ccccc3c2)C(=O)N1c1ccccc1. The molecule has 1 aliphatic heterocycles. The average Bonchev–Trinajstić information content (AvgIpc) is 2.89. The van der Waals surface area contributed by atoms with Crippen molar-refractivity contribution in [2.45, 2.75) is 6.42 Å². The molecule has 0 saturated carbocycles. The van der Waals surface area contributed by atoms with E-state index < -0.39 is 0 Å². The highest BCUT2D eigenvalue weighted by Gasteiger charge is 2.34. The number of anilines is 1. The first-order valence-electron chi connectivity index (χ1n) is 7.70. The number of pyridine rings is 1. The van der Waals surface area contributed by atoms with Gasteiger partial charge in [0.1, 0.15) is 0 Å². The number of amides is 2. The second kappa shape index (κ2) is 5.74. The Morgan fingerprint density at radius 1 is 0.958 bits per heavy atom. The zero-order valence-electron chi connectivity index (χ0n) is 12.8. The van der Waals surface area contributed by atoms with Crippen molar-refractivity contribution in [1.82, 2.24) is 4.98 Å². The largest absolute Gasteiger partial charge is 0.274 e. The first-order chi connectivity index (χ1) is 11.7. The van der Waals surface area contributed by atoms with E-state index in [1.54, 1.807) is 24.4 Å². The van der Waals surface area contributed by atoms with Crippen molar-refractivity contribution in [3.8, 4) is 0 Å². The van der Waals surface area contributed by atoms with Crippen molar-refractivity contribution in [2.24, 2.45) is 0 Å². The van der Waals surface area contributed by atoms with Crippen LogP contribution in [0.3, 0.4) is 0 Å². The fourth-order valence-electron chi connectivity index (χ4n) is 2.89. The van der Waals surface area contributed by atoms with Crippen LogP contribution < -0.4 is 4.90 Å². The number of fused-ring (bicyclic) bond motifs is 1. The fourth-order valence-corrected chi connectivity index (χ4v) is 2.89. The van der Waals surface area contributed by atoms with Gasteiger partial charge in [0.05, 0.1) is 17.6 Å². The van der Waals surface area contributed by atoms with Crippen LogP contribution in [-0.4, -0.2) is 16.8 Å². The first kappa shape index (κ1) is 14.3. The summed E-state index contributed by atoms with van der Waals surface area (Å²) in [5, 5.41) is 1.00. The lowest BCUT2D eigenvalue weighted by molar-refractivity contribution is -0.120. The molecular weight excluding hydrogens is 300 g/mol. The molecule has 24 heavy (non-hydrogen) atoms. The molecule has 1 fully saturated rings. The molecule has 1 aliphatic rings. The number of benzene rings is 2. The van der Waals surface area contributed by atoms with E-state index in [9.17, 15) is 9.59 Å². The number of nitrogens with zero attached hydrogens (tertiary/aromatic N) is 2. The second-order valence-corrected chi connectivity index (χ2v) is 5.68. The van der Waals surface area contributed by atoms with E-state index in [4.69, 9.17) is 0 Å². The highest BCUT2D eigenvalue weighted by atomic mass is 16.2. The van der Waals surface area contributed by atoms with Crippen molar-refractivity contribution in [3.05, 3.63) is 78.0 Å². The van der Waals surface area contributed by atoms with Crippen LogP contribution in [0.15, 0.2) is 72.4 Å². The summed E-state index contributed by atoms with van der Waals surface area (Å²) in [6.07, 6.45) is 3.58. The van der Waals surface area contributed by atoms with Gasteiger partial charge in [-0.3, -0.25) is 14.6 Å². The molecule has 0 spiro atoms. The molecule has 0 radical (unpaired) electrons. The average molecular weight is 314 g/mol. The van der Waals surface area contributed by atoms with Crippen LogP contribution in [0.25, 0.3) is 17.0 Å². The topological polar surface area (TPSA) is 50.3 Å². The zero-order chi connectivity index (χ0) is 16.5. The number of para-hydroxylation sites is 2. The number of hydrogen-bond acceptors (Lipinski definition) is 3. The fraction of sp³-hybridized carbons (Fsp3) is 0.0500. The molecule has 0 atom stereocenters. The first-order valence-corrected chi connectivity index (χ1v) is 7.70. The number of carbonyl (C=O) groups excluding carboxylic acids is 2. The van der Waals surface area contributed by atoms with E-state index in [1.165, 1.54) is 4.90 Å². The quantitative estimate of drug-likeness (QED) is 0.536. The Morgan fingerprint density at radius 2 is 1.71 bits per heavy atom. The van der Waals surface area contributed by atoms with Gasteiger partial charge in [0.25, 0.3) is 5.91 Å². The van der Waals surface area contributed by atoms with Crippen LogP contribution in [0, 0.1) is 0 Å². The molecule has 3 aromatic rings. The number of hydrogen-bond donors (Lipinski definition) is 0. The molecule has 116 valence electrons. The van der Waals surface area contributed by atoms with Crippen molar-refractivity contribution < 1.29 is 9.59 Å². The van der Waals surface area contributed by atoms with Gasteiger partial charge in [-0.25, -0.2) is 4.90 Å². The van der Waals surface area contributed by atoms with Gasteiger partial charge >= 0.3 is 0 Å². The lowest BCUT2D eigenvalue weighted by Crippen LogP contribution is -2.28. The lowest BCUT2D eigenvalue weighted by atomic mass is 10.1. The van der Waals surface area contributed by atoms with E-state index in [-0.39, 0.29) is 18.2 Å². The second-order valence-electron chi connectivity index (χ2n) is 5.68. The van der Waals surface area contributed by atoms with Gasteiger partial charge in [-0.05, 0) is 35.9 Å². The van der Waals surface area contributed by atoms with Crippen molar-refractivity contribution in [2.75, 3.05) is 4.90 Å². The third kappa shape index (κ3) is 2.48. The molecule has 0 N–H and O–H groups in total. The normalized spacial score (nSPS) is 16.3. The highest BCUT2D eigenvalue weighted by Crippen LogP contribution is 2.27. The predicted octanol–water partition coefficient (Wildman–Crippen LogP) is 3.58. The molecule has 1 saturated heterocycles. The van der Waals surface area contributed by atoms with E-state index in [0.717, 1.165) is 16.5 Å². The standard InChI is InChI=1S/C20H14N2O2/c23-19-12-16(20(24)22(19)17-7-2-1-3-8-17)11-14-10-15-6-4-5-9-18(15)21-13-14/h1-11,13H,12H2/b16-11+. The number of rotatable bonds is 2. The molecular formula is C20H14N2O2. The minimum atomic E-state index is -0.264. The summed E-state index contributed by atoms with van der Waals surface area (Å²) in [5.41, 5.74) is 2.81. The highest BCUT2D eigenvalue weighted by molar-refractivity contribution is 6.29. The minimum absolute atomic E-state index is 0.112. The molecule has 2 heterocycles. The molecule has 2 aromatic carbocycles. The van der Waals surface area contributed by atoms with Crippen LogP contribution in [-0.2, 0) is 9.59 Å². The number of carbonyl (C=O) groups is 2. The molecule has 4 nitrogen and oxygen atoms in total. The van der Waals surface area contributed by atoms with E-state index in [2.05, 4.69) is 4.98 Å². The molecule has 2 amide bonds. The summed E-state index contributed by atoms with van der Waals surface area (Å²) in [6, 6.07) is 18.8. The van der Waals surface area contributed by atoms with Gasteiger partial charge in [0.2, 0.25) is 5.91 Å². The summed E-state index contributed by atoms with van der Waals surface area (Å²) in [7, 11) is 0. The maximum Gasteiger partial charge on any atom is 0.261 e. The maximum atomic E-state index is 12.6. The molecule has 4 rings (SSSR count). The smallest absolute Gasteiger partial charge is 0.261 e. The summed E-state index contributed by atoms with van der Waals surface area (Å²) in [6.45, 7) is 0. The van der Waals surface area contributed by atoms with Crippen molar-refractivity contribution in [1.29, 1.82) is 0 Å². The summed E-state index contributed by atoms with van der Waals surface area (Å²) < 4.78 is 0. The molecule has 0 aliphatic carbocycles. The minimum Gasteiger partial charge on any atom is -0.274 e. The van der Waals surface area contributed by atoms with Crippen molar-refractivity contribution >= 4 is 34.5 Å². The Hall–Kier alpha value is -3.27. The summed E-state index contributed by atoms with van der Waals surface area (Å²) >= 11 is 0. The van der Waals surface area contributed by atoms with Gasteiger partial charge < -0.3 is 0 Å². The Balaban J connectivity index is 1.70. The van der Waals surface area contributed by atoms with E-state index >= 15 is 0 Å². The van der Waals surface area contributed by atoms with E-state index in [1.807, 2.05) is 48.5 Å². The molecule has 1 aromatic heterocycles. The summed E-state index contributed by atoms with van der Waals surface area (Å²) in [4.78, 5) is 30.5. The van der Waals surface area contributed by atoms with Gasteiger partial charge in [0, 0.05) is 17.2 Å². The van der Waals surface area contributed by atoms with Crippen LogP contribution in [0.2, 0.25) is 0 Å². The molecule has 4 heteroatoms. The zero-order valence-corrected chi connectivity index (χ0v) is 12.8. The third-order valence-electron chi connectivity index (χ3n) is 4.04. The number of aromatic nitrogens is 1. The van der Waals surface area contributed by atoms with Gasteiger partial charge in [-0.2, -0.15) is 0 Å². The van der Waals surface area contributed by atoms with Crippen LogP contribution in [0.5, 0.6) is 0 Å². The Bertz CT molecular complexity index is 977. The van der Waals surface area contributed by atoms with E-state index in [0.29, 0.717) is 11.3 Å². The Morgan fingerprint density at radius 3 is 2.54 bits per heavy atom. The Labute approximate surface area is 139 Å². The van der Waals surface area contributed by atoms with Gasteiger partial charge in [-0.1, -0.05) is 36.4 Å². The third-order valence-corrected chi connectivity index (χ3v) is 4.04. The molecule has 0 bridgehead atoms. The molecule has 0 unspecified atom stereocenters. The summed E-state index contributed by atoms with van der Waals surface area (Å²) in [5.74, 6) is -0.467. The number of imide groups is 1. The van der Waals surface area contributed by atoms with Crippen molar-refractivity contribution in [3.63, 3.8) is 0 Å². The van der Waals surface area contributed by atoms with Crippen LogP contribution in [0.4, 0.5) is 5.69 Å². The lowest BCUT2D eigenvalue weighted by Gasteiger charge is -2.12.